The number of hydrogen-bond donors (Lipinski definition) is 2. The second-order valence-electron chi connectivity index (χ2n) is 6.90. The van der Waals surface area contributed by atoms with Crippen LogP contribution in [0.5, 0.6) is 11.5 Å². The number of amides is 1. The molecule has 1 unspecified atom stereocenters. The molecular weight excluding hydrogens is 380 g/mol. The van der Waals surface area contributed by atoms with Gasteiger partial charge in [-0.15, -0.1) is 0 Å². The Labute approximate surface area is 165 Å². The number of carbonyl (C=O) groups is 1. The number of ether oxygens (including phenoxy) is 2. The highest BCUT2D eigenvalue weighted by molar-refractivity contribution is 7.90. The van der Waals surface area contributed by atoms with Crippen LogP contribution in [0.3, 0.4) is 0 Å². The first-order valence-electron chi connectivity index (χ1n) is 8.98. The van der Waals surface area contributed by atoms with Gasteiger partial charge in [-0.25, -0.2) is 8.42 Å². The third-order valence-electron chi connectivity index (χ3n) is 4.87. The number of para-hydroxylation sites is 1. The highest BCUT2D eigenvalue weighted by atomic mass is 32.2. The Kier molecular flexibility index (Phi) is 5.90. The summed E-state index contributed by atoms with van der Waals surface area (Å²) < 4.78 is 34.5. The Bertz CT molecular complexity index is 988. The molecule has 28 heavy (non-hydrogen) atoms. The summed E-state index contributed by atoms with van der Waals surface area (Å²) in [5.74, 6) is 1.17. The SMILES string of the molecule is COc1cc2c(cc1OC)C[NH+](CC(=O)Nc1ccccc1S(C)(=O)=O)CC2. The van der Waals surface area contributed by atoms with Crippen molar-refractivity contribution in [2.24, 2.45) is 0 Å². The van der Waals surface area contributed by atoms with Crippen LogP contribution in [-0.2, 0) is 27.6 Å². The molecule has 0 spiro atoms. The molecule has 0 fully saturated rings. The molecule has 3 rings (SSSR count). The molecule has 1 amide bonds. The number of rotatable bonds is 6. The van der Waals surface area contributed by atoms with Crippen LogP contribution in [0.1, 0.15) is 11.1 Å². The van der Waals surface area contributed by atoms with Crippen molar-refractivity contribution in [2.75, 3.05) is 38.9 Å². The number of quaternary nitrogens is 1. The summed E-state index contributed by atoms with van der Waals surface area (Å²) in [7, 11) is -0.198. The predicted octanol–water partition coefficient (Wildman–Crippen LogP) is 0.687. The van der Waals surface area contributed by atoms with Crippen molar-refractivity contribution >= 4 is 21.4 Å². The summed E-state index contributed by atoms with van der Waals surface area (Å²) >= 11 is 0. The van der Waals surface area contributed by atoms with Gasteiger partial charge in [0.25, 0.3) is 5.91 Å². The number of benzene rings is 2. The molecule has 1 aliphatic rings. The summed E-state index contributed by atoms with van der Waals surface area (Å²) in [4.78, 5) is 13.8. The minimum Gasteiger partial charge on any atom is -0.493 e. The molecule has 2 aromatic rings. The van der Waals surface area contributed by atoms with Gasteiger partial charge in [0.05, 0.1) is 31.3 Å². The number of fused-ring (bicyclic) bond motifs is 1. The van der Waals surface area contributed by atoms with Gasteiger partial charge in [0, 0.05) is 18.2 Å². The molecule has 0 bridgehead atoms. The number of sulfone groups is 1. The van der Waals surface area contributed by atoms with Gasteiger partial charge < -0.3 is 19.7 Å². The van der Waals surface area contributed by atoms with E-state index in [-0.39, 0.29) is 17.3 Å². The molecule has 0 aromatic heterocycles. The quantitative estimate of drug-likeness (QED) is 0.739. The van der Waals surface area contributed by atoms with Crippen molar-refractivity contribution in [1.82, 2.24) is 0 Å². The number of nitrogens with one attached hydrogen (secondary N) is 2. The van der Waals surface area contributed by atoms with E-state index in [0.717, 1.165) is 29.7 Å². The van der Waals surface area contributed by atoms with E-state index in [9.17, 15) is 13.2 Å². The van der Waals surface area contributed by atoms with Gasteiger partial charge in [-0.05, 0) is 29.8 Å². The Balaban J connectivity index is 1.70. The molecule has 1 atom stereocenters. The van der Waals surface area contributed by atoms with Crippen LogP contribution in [0.15, 0.2) is 41.3 Å². The van der Waals surface area contributed by atoms with Crippen LogP contribution < -0.4 is 19.7 Å². The van der Waals surface area contributed by atoms with Gasteiger partial charge in [-0.2, -0.15) is 0 Å². The molecule has 1 heterocycles. The predicted molar refractivity (Wildman–Crippen MR) is 106 cm³/mol. The summed E-state index contributed by atoms with van der Waals surface area (Å²) in [5.41, 5.74) is 2.64. The molecule has 8 heteroatoms. The smallest absolute Gasteiger partial charge is 0.279 e. The molecule has 2 aromatic carbocycles. The van der Waals surface area contributed by atoms with E-state index in [1.54, 1.807) is 32.4 Å². The molecule has 1 aliphatic heterocycles. The van der Waals surface area contributed by atoms with Gasteiger partial charge in [0.2, 0.25) is 0 Å². The van der Waals surface area contributed by atoms with Crippen molar-refractivity contribution in [1.29, 1.82) is 0 Å². The van der Waals surface area contributed by atoms with Gasteiger partial charge in [0.15, 0.2) is 27.9 Å². The fourth-order valence-corrected chi connectivity index (χ4v) is 4.34. The molecule has 0 radical (unpaired) electrons. The van der Waals surface area contributed by atoms with Gasteiger partial charge in [-0.1, -0.05) is 12.1 Å². The molecule has 7 nitrogen and oxygen atoms in total. The second-order valence-corrected chi connectivity index (χ2v) is 8.88. The van der Waals surface area contributed by atoms with Crippen LogP contribution >= 0.6 is 0 Å². The van der Waals surface area contributed by atoms with E-state index in [0.29, 0.717) is 23.7 Å². The maximum Gasteiger partial charge on any atom is 0.279 e. The van der Waals surface area contributed by atoms with E-state index in [2.05, 4.69) is 5.32 Å². The highest BCUT2D eigenvalue weighted by Crippen LogP contribution is 2.31. The normalized spacial score (nSPS) is 16.2. The minimum absolute atomic E-state index is 0.124. The van der Waals surface area contributed by atoms with Crippen molar-refractivity contribution in [2.45, 2.75) is 17.9 Å². The first kappa shape index (κ1) is 20.2. The number of carbonyl (C=O) groups excluding carboxylic acids is 1. The minimum atomic E-state index is -3.41. The Morgan fingerprint density at radius 1 is 1.11 bits per heavy atom. The number of hydrogen-bond acceptors (Lipinski definition) is 5. The van der Waals surface area contributed by atoms with Crippen LogP contribution in [0.25, 0.3) is 0 Å². The molecule has 2 N–H and O–H groups in total. The van der Waals surface area contributed by atoms with Crippen LogP contribution in [-0.4, -0.2) is 47.9 Å². The first-order chi connectivity index (χ1) is 13.3. The zero-order chi connectivity index (χ0) is 20.3. The lowest BCUT2D eigenvalue weighted by Crippen LogP contribution is -3.12. The van der Waals surface area contributed by atoms with Crippen molar-refractivity contribution in [3.05, 3.63) is 47.5 Å². The molecule has 150 valence electrons. The summed E-state index contributed by atoms with van der Waals surface area (Å²) in [6, 6.07) is 10.4. The zero-order valence-corrected chi connectivity index (χ0v) is 17.1. The average Bonchev–Trinajstić information content (AvgIpc) is 2.66. The van der Waals surface area contributed by atoms with Crippen LogP contribution in [0.2, 0.25) is 0 Å². The number of anilines is 1. The standard InChI is InChI=1S/C20H24N2O5S/c1-26-17-10-14-8-9-22(12-15(14)11-18(17)27-2)13-20(23)21-16-6-4-5-7-19(16)28(3,24)25/h4-7,10-11H,8-9,12-13H2,1-3H3,(H,21,23)/p+1. The van der Waals surface area contributed by atoms with Crippen molar-refractivity contribution < 1.29 is 27.6 Å². The topological polar surface area (TPSA) is 86.1 Å². The molecule has 0 saturated carbocycles. The third-order valence-corrected chi connectivity index (χ3v) is 6.02. The van der Waals surface area contributed by atoms with E-state index in [1.807, 2.05) is 12.1 Å². The monoisotopic (exact) mass is 405 g/mol. The summed E-state index contributed by atoms with van der Waals surface area (Å²) in [6.45, 7) is 1.76. The maximum absolute atomic E-state index is 12.5. The lowest BCUT2D eigenvalue weighted by Gasteiger charge is -2.26. The maximum atomic E-state index is 12.5. The molecule has 0 aliphatic carbocycles. The van der Waals surface area contributed by atoms with Crippen LogP contribution in [0.4, 0.5) is 5.69 Å². The Morgan fingerprint density at radius 3 is 2.39 bits per heavy atom. The third kappa shape index (κ3) is 4.45. The van der Waals surface area contributed by atoms with Crippen molar-refractivity contribution in [3.8, 4) is 11.5 Å². The lowest BCUT2D eigenvalue weighted by molar-refractivity contribution is -0.907. The van der Waals surface area contributed by atoms with E-state index in [1.165, 1.54) is 11.6 Å². The lowest BCUT2D eigenvalue weighted by atomic mass is 9.99. The first-order valence-corrected chi connectivity index (χ1v) is 10.9. The van der Waals surface area contributed by atoms with Gasteiger partial charge in [0.1, 0.15) is 6.54 Å². The summed E-state index contributed by atoms with van der Waals surface area (Å²) in [6.07, 6.45) is 1.96. The van der Waals surface area contributed by atoms with Gasteiger partial charge in [-0.3, -0.25) is 4.79 Å². The zero-order valence-electron chi connectivity index (χ0n) is 16.2. The van der Waals surface area contributed by atoms with Crippen molar-refractivity contribution in [3.63, 3.8) is 0 Å². The fourth-order valence-electron chi connectivity index (χ4n) is 3.50. The average molecular weight is 405 g/mol. The summed E-state index contributed by atoms with van der Waals surface area (Å²) in [5, 5.41) is 2.75. The van der Waals surface area contributed by atoms with E-state index >= 15 is 0 Å². The Hall–Kier alpha value is -2.58. The van der Waals surface area contributed by atoms with E-state index in [4.69, 9.17) is 9.47 Å². The second kappa shape index (κ2) is 8.20. The Morgan fingerprint density at radius 2 is 1.75 bits per heavy atom. The molecular formula is C20H25N2O5S+. The number of methoxy groups -OCH3 is 2. The van der Waals surface area contributed by atoms with E-state index < -0.39 is 9.84 Å². The highest BCUT2D eigenvalue weighted by Gasteiger charge is 2.24. The van der Waals surface area contributed by atoms with Gasteiger partial charge >= 0.3 is 0 Å². The fraction of sp³-hybridized carbons (Fsp3) is 0.350. The largest absolute Gasteiger partial charge is 0.493 e. The molecule has 0 saturated heterocycles. The van der Waals surface area contributed by atoms with Crippen LogP contribution in [0, 0.1) is 0 Å².